The molecule has 0 N–H and O–H groups in total. The number of carbonyl (C=O) groups is 2. The van der Waals surface area contributed by atoms with E-state index in [0.717, 1.165) is 12.0 Å². The second kappa shape index (κ2) is 11.4. The van der Waals surface area contributed by atoms with Crippen LogP contribution in [0.2, 0.25) is 5.15 Å². The van der Waals surface area contributed by atoms with Gasteiger partial charge in [0.2, 0.25) is 5.82 Å². The second-order valence-electron chi connectivity index (χ2n) is 8.97. The molecule has 7 nitrogen and oxygen atoms in total. The zero-order valence-electron chi connectivity index (χ0n) is 20.5. The standard InChI is InChI=1S/C26H28ClFN4O3S/c1-4-18(33)12-22-31-16(3)24(36-22)21(34)11-15(2)17-5-7-19(8-6-17)35-20-9-10-32(13-20)26-23(28)25(27)29-14-30-26/h5-8,14-15,20H,4,9-13H2,1-3H3/t15-,20-/m1/s1. The number of benzene rings is 1. The van der Waals surface area contributed by atoms with Crippen LogP contribution in [-0.4, -0.2) is 45.7 Å². The number of anilines is 1. The first-order valence-electron chi connectivity index (χ1n) is 11.9. The maximum Gasteiger partial charge on any atom is 0.202 e. The van der Waals surface area contributed by atoms with Crippen LogP contribution < -0.4 is 9.64 Å². The van der Waals surface area contributed by atoms with Crippen molar-refractivity contribution in [3.05, 3.63) is 62.7 Å². The van der Waals surface area contributed by atoms with Gasteiger partial charge in [-0.15, -0.1) is 11.3 Å². The number of ether oxygens (including phenoxy) is 1. The Morgan fingerprint density at radius 2 is 2.03 bits per heavy atom. The molecule has 0 spiro atoms. The first-order valence-corrected chi connectivity index (χ1v) is 13.1. The number of aryl methyl sites for hydroxylation is 1. The molecule has 3 aromatic rings. The molecule has 2 atom stereocenters. The van der Waals surface area contributed by atoms with Crippen LogP contribution in [0.3, 0.4) is 0 Å². The van der Waals surface area contributed by atoms with E-state index in [2.05, 4.69) is 15.0 Å². The van der Waals surface area contributed by atoms with Crippen molar-refractivity contribution >= 4 is 40.3 Å². The van der Waals surface area contributed by atoms with Crippen LogP contribution in [0.5, 0.6) is 5.75 Å². The number of nitrogens with zero attached hydrogens (tertiary/aromatic N) is 4. The summed E-state index contributed by atoms with van der Waals surface area (Å²) in [6.07, 6.45) is 2.98. The average molecular weight is 531 g/mol. The largest absolute Gasteiger partial charge is 0.489 e. The van der Waals surface area contributed by atoms with E-state index in [1.165, 1.54) is 17.7 Å². The van der Waals surface area contributed by atoms with Crippen LogP contribution in [0.15, 0.2) is 30.6 Å². The highest BCUT2D eigenvalue weighted by Crippen LogP contribution is 2.29. The quantitative estimate of drug-likeness (QED) is 0.249. The van der Waals surface area contributed by atoms with Crippen molar-refractivity contribution in [3.8, 4) is 5.75 Å². The molecule has 0 aliphatic carbocycles. The summed E-state index contributed by atoms with van der Waals surface area (Å²) < 4.78 is 20.3. The molecule has 1 aliphatic heterocycles. The lowest BCUT2D eigenvalue weighted by Crippen LogP contribution is -2.26. The van der Waals surface area contributed by atoms with Crippen LogP contribution >= 0.6 is 22.9 Å². The molecule has 1 fully saturated rings. The van der Waals surface area contributed by atoms with Gasteiger partial charge in [0.1, 0.15) is 29.0 Å². The fraction of sp³-hybridized carbons (Fsp3) is 0.423. The Bertz CT molecular complexity index is 1250. The molecule has 1 saturated heterocycles. The zero-order chi connectivity index (χ0) is 25.8. The number of hydrogen-bond donors (Lipinski definition) is 0. The highest BCUT2D eigenvalue weighted by atomic mass is 35.5. The molecule has 0 radical (unpaired) electrons. The van der Waals surface area contributed by atoms with Crippen molar-refractivity contribution in [1.82, 2.24) is 15.0 Å². The van der Waals surface area contributed by atoms with Gasteiger partial charge < -0.3 is 9.64 Å². The molecular weight excluding hydrogens is 503 g/mol. The smallest absolute Gasteiger partial charge is 0.202 e. The Labute approximate surface area is 218 Å². The summed E-state index contributed by atoms with van der Waals surface area (Å²) in [6, 6.07) is 7.73. The monoisotopic (exact) mass is 530 g/mol. The van der Waals surface area contributed by atoms with Crippen molar-refractivity contribution in [2.24, 2.45) is 0 Å². The minimum absolute atomic E-state index is 0.0150. The van der Waals surface area contributed by atoms with Crippen molar-refractivity contribution in [1.29, 1.82) is 0 Å². The molecule has 0 unspecified atom stereocenters. The number of thiazole rings is 1. The summed E-state index contributed by atoms with van der Waals surface area (Å²) in [6.45, 7) is 6.77. The number of Topliss-reactive ketones (excluding diaryl/α,β-unsaturated/α-hetero) is 2. The van der Waals surface area contributed by atoms with Gasteiger partial charge in [-0.3, -0.25) is 9.59 Å². The Kier molecular flexibility index (Phi) is 8.31. The van der Waals surface area contributed by atoms with Crippen molar-refractivity contribution in [2.75, 3.05) is 18.0 Å². The van der Waals surface area contributed by atoms with E-state index >= 15 is 0 Å². The lowest BCUT2D eigenvalue weighted by atomic mass is 9.95. The topological polar surface area (TPSA) is 85.3 Å². The molecule has 1 aliphatic rings. The van der Waals surface area contributed by atoms with Crippen LogP contribution in [0.1, 0.15) is 65.0 Å². The molecule has 1 aromatic carbocycles. The van der Waals surface area contributed by atoms with E-state index in [1.807, 2.05) is 45.0 Å². The molecule has 4 rings (SSSR count). The fourth-order valence-electron chi connectivity index (χ4n) is 4.21. The van der Waals surface area contributed by atoms with E-state index in [9.17, 15) is 14.0 Å². The van der Waals surface area contributed by atoms with Gasteiger partial charge in [-0.2, -0.15) is 4.39 Å². The van der Waals surface area contributed by atoms with Crippen LogP contribution in [0, 0.1) is 12.7 Å². The molecule has 3 heterocycles. The van der Waals surface area contributed by atoms with Gasteiger partial charge in [0.15, 0.2) is 16.8 Å². The lowest BCUT2D eigenvalue weighted by Gasteiger charge is -2.19. The maximum atomic E-state index is 14.2. The molecule has 2 aromatic heterocycles. The number of ketones is 2. The number of rotatable bonds is 10. The Morgan fingerprint density at radius 3 is 2.75 bits per heavy atom. The Hall–Kier alpha value is -2.91. The second-order valence-corrected chi connectivity index (χ2v) is 10.4. The maximum absolute atomic E-state index is 14.2. The number of hydrogen-bond acceptors (Lipinski definition) is 8. The van der Waals surface area contributed by atoms with Crippen LogP contribution in [0.4, 0.5) is 10.2 Å². The predicted molar refractivity (Wildman–Crippen MR) is 138 cm³/mol. The molecular formula is C26H28ClFN4O3S. The fourth-order valence-corrected chi connectivity index (χ4v) is 5.38. The van der Waals surface area contributed by atoms with Crippen molar-refractivity contribution in [3.63, 3.8) is 0 Å². The molecule has 190 valence electrons. The highest BCUT2D eigenvalue weighted by molar-refractivity contribution is 7.14. The van der Waals surface area contributed by atoms with Gasteiger partial charge in [0.05, 0.1) is 23.5 Å². The molecule has 0 saturated carbocycles. The third-order valence-electron chi connectivity index (χ3n) is 6.25. The van der Waals surface area contributed by atoms with Crippen molar-refractivity contribution in [2.45, 2.75) is 58.5 Å². The average Bonchev–Trinajstić information content (AvgIpc) is 3.47. The number of halogens is 2. The van der Waals surface area contributed by atoms with Gasteiger partial charge in [-0.1, -0.05) is 37.6 Å². The van der Waals surface area contributed by atoms with Gasteiger partial charge in [0.25, 0.3) is 0 Å². The van der Waals surface area contributed by atoms with Crippen LogP contribution in [0.25, 0.3) is 0 Å². The third kappa shape index (κ3) is 6.07. The summed E-state index contributed by atoms with van der Waals surface area (Å²) in [5.74, 6) is 0.461. The molecule has 0 bridgehead atoms. The van der Waals surface area contributed by atoms with Gasteiger partial charge >= 0.3 is 0 Å². The normalized spacial score (nSPS) is 16.2. The minimum atomic E-state index is -0.619. The van der Waals surface area contributed by atoms with Gasteiger partial charge in [0, 0.05) is 25.8 Å². The molecule has 10 heteroatoms. The zero-order valence-corrected chi connectivity index (χ0v) is 22.0. The molecule has 36 heavy (non-hydrogen) atoms. The van der Waals surface area contributed by atoms with Gasteiger partial charge in [-0.25, -0.2) is 15.0 Å². The molecule has 0 amide bonds. The highest BCUT2D eigenvalue weighted by Gasteiger charge is 2.28. The van der Waals surface area contributed by atoms with E-state index < -0.39 is 5.82 Å². The number of aromatic nitrogens is 3. The summed E-state index contributed by atoms with van der Waals surface area (Å²) in [7, 11) is 0. The van der Waals surface area contributed by atoms with Gasteiger partial charge in [-0.05, 0) is 30.5 Å². The van der Waals surface area contributed by atoms with E-state index in [0.29, 0.717) is 47.3 Å². The SMILES string of the molecule is CCC(=O)Cc1nc(C)c(C(=O)C[C@@H](C)c2ccc(O[C@@H]3CCN(c4ncnc(Cl)c4F)C3)cc2)s1. The Morgan fingerprint density at radius 1 is 1.28 bits per heavy atom. The minimum Gasteiger partial charge on any atom is -0.489 e. The summed E-state index contributed by atoms with van der Waals surface area (Å²) in [4.78, 5) is 39.2. The van der Waals surface area contributed by atoms with Crippen LogP contribution in [-0.2, 0) is 11.2 Å². The summed E-state index contributed by atoms with van der Waals surface area (Å²) >= 11 is 7.10. The summed E-state index contributed by atoms with van der Waals surface area (Å²) in [5.41, 5.74) is 1.72. The van der Waals surface area contributed by atoms with E-state index in [-0.39, 0.29) is 41.0 Å². The van der Waals surface area contributed by atoms with Crippen molar-refractivity contribution < 1.29 is 18.7 Å². The first kappa shape index (κ1) is 26.2. The predicted octanol–water partition coefficient (Wildman–Crippen LogP) is 5.59. The number of carbonyl (C=O) groups excluding carboxylic acids is 2. The lowest BCUT2D eigenvalue weighted by molar-refractivity contribution is -0.118. The Balaban J connectivity index is 1.33. The first-order chi connectivity index (χ1) is 17.2. The van der Waals surface area contributed by atoms with E-state index in [4.69, 9.17) is 16.3 Å². The summed E-state index contributed by atoms with van der Waals surface area (Å²) in [5, 5.41) is 0.512. The van der Waals surface area contributed by atoms with E-state index in [1.54, 1.807) is 4.90 Å². The third-order valence-corrected chi connectivity index (χ3v) is 7.72.